The zero-order valence-corrected chi connectivity index (χ0v) is 14.7. The van der Waals surface area contributed by atoms with E-state index >= 15 is 0 Å². The number of thioether (sulfide) groups is 1. The number of phenolic OH excluding ortho intramolecular Hbond substituents is 1. The lowest BCUT2D eigenvalue weighted by Gasteiger charge is -2.07. The van der Waals surface area contributed by atoms with E-state index < -0.39 is 0 Å². The van der Waals surface area contributed by atoms with Crippen LogP contribution in [0, 0.1) is 7.14 Å². The molecule has 4 nitrogen and oxygen atoms in total. The molecule has 94 valence electrons. The number of rotatable bonds is 2. The van der Waals surface area contributed by atoms with Gasteiger partial charge in [-0.1, -0.05) is 24.0 Å². The minimum absolute atomic E-state index is 0.107. The van der Waals surface area contributed by atoms with E-state index in [2.05, 4.69) is 5.10 Å². The maximum Gasteiger partial charge on any atom is 0.259 e. The highest BCUT2D eigenvalue weighted by Crippen LogP contribution is 2.27. The highest BCUT2D eigenvalue weighted by atomic mass is 127. The van der Waals surface area contributed by atoms with Crippen molar-refractivity contribution in [2.45, 2.75) is 0 Å². The van der Waals surface area contributed by atoms with Crippen LogP contribution in [-0.4, -0.2) is 32.3 Å². The number of nitrogens with zero attached hydrogens (tertiary/aromatic N) is 2. The van der Waals surface area contributed by atoms with Gasteiger partial charge in [0.15, 0.2) is 4.32 Å². The van der Waals surface area contributed by atoms with E-state index in [1.807, 2.05) is 45.2 Å². The van der Waals surface area contributed by atoms with Gasteiger partial charge in [0, 0.05) is 0 Å². The first-order chi connectivity index (χ1) is 8.49. The predicted octanol–water partition coefficient (Wildman–Crippen LogP) is 2.80. The molecule has 18 heavy (non-hydrogen) atoms. The van der Waals surface area contributed by atoms with E-state index in [1.165, 1.54) is 16.8 Å². The molecule has 1 N–H and O–H groups in total. The van der Waals surface area contributed by atoms with E-state index in [9.17, 15) is 9.90 Å². The summed E-state index contributed by atoms with van der Waals surface area (Å²) in [7, 11) is 0. The molecule has 1 aliphatic rings. The van der Waals surface area contributed by atoms with E-state index in [0.717, 1.165) is 12.7 Å². The molecule has 0 unspecified atom stereocenters. The fourth-order valence-electron chi connectivity index (χ4n) is 1.24. The molecule has 1 saturated heterocycles. The fraction of sp³-hybridized carbons (Fsp3) is 0.100. The molecule has 0 atom stereocenters. The number of hydrogen-bond acceptors (Lipinski definition) is 5. The highest BCUT2D eigenvalue weighted by molar-refractivity contribution is 14.1. The van der Waals surface area contributed by atoms with Gasteiger partial charge in [-0.15, -0.1) is 0 Å². The molecule has 2 rings (SSSR count). The van der Waals surface area contributed by atoms with Crippen LogP contribution < -0.4 is 0 Å². The van der Waals surface area contributed by atoms with Crippen LogP contribution in [0.3, 0.4) is 0 Å². The van der Waals surface area contributed by atoms with Crippen molar-refractivity contribution < 1.29 is 9.90 Å². The van der Waals surface area contributed by atoms with Crippen LogP contribution in [0.4, 0.5) is 0 Å². The maximum atomic E-state index is 11.5. The third kappa shape index (κ3) is 3.14. The van der Waals surface area contributed by atoms with E-state index in [1.54, 1.807) is 18.3 Å². The lowest BCUT2D eigenvalue weighted by Crippen LogP contribution is -2.22. The number of carbonyl (C=O) groups excluding carboxylic acids is 1. The molecular formula is C10H6I2N2O2S2. The second-order valence-corrected chi connectivity index (χ2v) is 7.27. The first-order valence-corrected chi connectivity index (χ1v) is 8.26. The Bertz CT molecular complexity index is 524. The van der Waals surface area contributed by atoms with Gasteiger partial charge in [0.1, 0.15) is 5.75 Å². The minimum Gasteiger partial charge on any atom is -0.506 e. The van der Waals surface area contributed by atoms with E-state index in [-0.39, 0.29) is 11.7 Å². The average Bonchev–Trinajstić information content (AvgIpc) is 2.63. The third-order valence-corrected chi connectivity index (χ3v) is 5.07. The lowest BCUT2D eigenvalue weighted by molar-refractivity contribution is -0.123. The van der Waals surface area contributed by atoms with Crippen molar-refractivity contribution in [3.63, 3.8) is 0 Å². The summed E-state index contributed by atoms with van der Waals surface area (Å²) in [6, 6.07) is 3.58. The van der Waals surface area contributed by atoms with Gasteiger partial charge in [0.25, 0.3) is 5.91 Å². The summed E-state index contributed by atoms with van der Waals surface area (Å²) in [6.07, 6.45) is 1.57. The standard InChI is InChI=1S/C10H6I2N2O2S2/c11-6-1-5(2-7(12)9(6)16)3-13-14-8(15)4-18-10(14)17/h1-3,16H,4H2/b13-3+. The Labute approximate surface area is 140 Å². The predicted molar refractivity (Wildman–Crippen MR) is 93.0 cm³/mol. The second-order valence-electron chi connectivity index (χ2n) is 3.34. The smallest absolute Gasteiger partial charge is 0.259 e. The minimum atomic E-state index is -0.107. The molecule has 1 aromatic rings. The Morgan fingerprint density at radius 1 is 1.44 bits per heavy atom. The van der Waals surface area contributed by atoms with Crippen molar-refractivity contribution >= 4 is 85.6 Å². The number of phenols is 1. The van der Waals surface area contributed by atoms with Gasteiger partial charge in [0.2, 0.25) is 0 Å². The Morgan fingerprint density at radius 2 is 2.06 bits per heavy atom. The van der Waals surface area contributed by atoms with Crippen LogP contribution in [0.15, 0.2) is 17.2 Å². The van der Waals surface area contributed by atoms with Gasteiger partial charge >= 0.3 is 0 Å². The van der Waals surface area contributed by atoms with Crippen molar-refractivity contribution in [1.82, 2.24) is 5.01 Å². The van der Waals surface area contributed by atoms with Crippen molar-refractivity contribution in [3.8, 4) is 5.75 Å². The number of hydrogen-bond donors (Lipinski definition) is 1. The summed E-state index contributed by atoms with van der Waals surface area (Å²) in [5.74, 6) is 0.502. The first kappa shape index (κ1) is 14.5. The highest BCUT2D eigenvalue weighted by Gasteiger charge is 2.25. The fourth-order valence-corrected chi connectivity index (χ4v) is 4.03. The van der Waals surface area contributed by atoms with Crippen LogP contribution in [0.1, 0.15) is 5.56 Å². The summed E-state index contributed by atoms with van der Waals surface area (Å²) >= 11 is 10.4. The largest absolute Gasteiger partial charge is 0.506 e. The topological polar surface area (TPSA) is 52.9 Å². The Balaban J connectivity index is 2.24. The Morgan fingerprint density at radius 3 is 2.56 bits per heavy atom. The van der Waals surface area contributed by atoms with Gasteiger partial charge in [-0.05, 0) is 62.9 Å². The number of carbonyl (C=O) groups is 1. The molecule has 0 aliphatic carbocycles. The maximum absolute atomic E-state index is 11.5. The van der Waals surface area contributed by atoms with Gasteiger partial charge in [-0.3, -0.25) is 4.79 Å². The van der Waals surface area contributed by atoms with Crippen molar-refractivity contribution in [3.05, 3.63) is 24.8 Å². The van der Waals surface area contributed by atoms with Gasteiger partial charge in [-0.25, -0.2) is 0 Å². The van der Waals surface area contributed by atoms with Gasteiger partial charge in [0.05, 0.1) is 19.1 Å². The molecule has 0 radical (unpaired) electrons. The molecule has 1 aliphatic heterocycles. The Hall–Kier alpha value is 0.0600. The number of hydrazone groups is 1. The third-order valence-electron chi connectivity index (χ3n) is 2.09. The summed E-state index contributed by atoms with van der Waals surface area (Å²) < 4.78 is 1.95. The molecule has 8 heteroatoms. The van der Waals surface area contributed by atoms with Crippen LogP contribution in [-0.2, 0) is 4.79 Å². The van der Waals surface area contributed by atoms with Gasteiger partial charge < -0.3 is 5.11 Å². The monoisotopic (exact) mass is 504 g/mol. The van der Waals surface area contributed by atoms with Crippen molar-refractivity contribution in [1.29, 1.82) is 0 Å². The summed E-state index contributed by atoms with van der Waals surface area (Å²) in [6.45, 7) is 0. The molecule has 1 heterocycles. The normalized spacial score (nSPS) is 16.0. The van der Waals surface area contributed by atoms with E-state index in [4.69, 9.17) is 12.2 Å². The lowest BCUT2D eigenvalue weighted by atomic mass is 10.2. The molecule has 0 saturated carbocycles. The first-order valence-electron chi connectivity index (χ1n) is 4.70. The second kappa shape index (κ2) is 6.01. The molecule has 1 aromatic carbocycles. The summed E-state index contributed by atoms with van der Waals surface area (Å²) in [4.78, 5) is 11.5. The average molecular weight is 504 g/mol. The zero-order chi connectivity index (χ0) is 13.3. The quantitative estimate of drug-likeness (QED) is 0.383. The molecule has 1 amide bonds. The summed E-state index contributed by atoms with van der Waals surface area (Å²) in [5.41, 5.74) is 0.814. The van der Waals surface area contributed by atoms with Crippen LogP contribution in [0.2, 0.25) is 0 Å². The number of amides is 1. The molecule has 0 spiro atoms. The van der Waals surface area contributed by atoms with Crippen LogP contribution in [0.25, 0.3) is 0 Å². The number of thiocarbonyl (C=S) groups is 1. The van der Waals surface area contributed by atoms with E-state index in [0.29, 0.717) is 10.1 Å². The molecule has 0 bridgehead atoms. The van der Waals surface area contributed by atoms with Crippen LogP contribution >= 0.6 is 69.2 Å². The van der Waals surface area contributed by atoms with Crippen molar-refractivity contribution in [2.75, 3.05) is 5.75 Å². The number of halogens is 2. The van der Waals surface area contributed by atoms with Crippen molar-refractivity contribution in [2.24, 2.45) is 5.10 Å². The molecular weight excluding hydrogens is 498 g/mol. The number of benzene rings is 1. The Kier molecular flexibility index (Phi) is 4.83. The SMILES string of the molecule is O=C1CSC(=S)N1/N=C/c1cc(I)c(O)c(I)c1. The molecule has 0 aromatic heterocycles. The zero-order valence-electron chi connectivity index (χ0n) is 8.76. The number of aromatic hydroxyl groups is 1. The summed E-state index contributed by atoms with van der Waals surface area (Å²) in [5, 5.41) is 15.0. The van der Waals surface area contributed by atoms with Crippen LogP contribution in [0.5, 0.6) is 5.75 Å². The van der Waals surface area contributed by atoms with Gasteiger partial charge in [-0.2, -0.15) is 10.1 Å². The molecule has 1 fully saturated rings.